The molecule has 0 aromatic heterocycles. The predicted octanol–water partition coefficient (Wildman–Crippen LogP) is 3.38. The van der Waals surface area contributed by atoms with E-state index in [1.54, 1.807) is 7.11 Å². The Morgan fingerprint density at radius 2 is 1.89 bits per heavy atom. The lowest BCUT2D eigenvalue weighted by atomic mass is 10.0. The molecule has 0 aliphatic carbocycles. The third kappa shape index (κ3) is 4.22. The molecule has 19 heavy (non-hydrogen) atoms. The van der Waals surface area contributed by atoms with Gasteiger partial charge in [0.05, 0.1) is 12.7 Å². The van der Waals surface area contributed by atoms with E-state index in [2.05, 4.69) is 24.8 Å². The molecule has 0 heterocycles. The van der Waals surface area contributed by atoms with Crippen molar-refractivity contribution in [2.24, 2.45) is 0 Å². The van der Waals surface area contributed by atoms with E-state index in [-0.39, 0.29) is 0 Å². The number of anilines is 1. The van der Waals surface area contributed by atoms with Crippen LogP contribution in [0.1, 0.15) is 45.3 Å². The summed E-state index contributed by atoms with van der Waals surface area (Å²) in [5, 5.41) is 10.2. The highest BCUT2D eigenvalue weighted by molar-refractivity contribution is 5.55. The molecule has 0 fully saturated rings. The Morgan fingerprint density at radius 1 is 1.21 bits per heavy atom. The zero-order valence-electron chi connectivity index (χ0n) is 12.6. The van der Waals surface area contributed by atoms with E-state index in [1.807, 2.05) is 25.1 Å². The third-order valence-corrected chi connectivity index (χ3v) is 3.65. The van der Waals surface area contributed by atoms with Crippen LogP contribution in [-0.4, -0.2) is 31.4 Å². The second-order valence-electron chi connectivity index (χ2n) is 4.93. The molecule has 0 radical (unpaired) electrons. The normalized spacial score (nSPS) is 14.2. The summed E-state index contributed by atoms with van der Waals surface area (Å²) >= 11 is 0. The first-order valence-corrected chi connectivity index (χ1v) is 7.18. The maximum absolute atomic E-state index is 10.2. The van der Waals surface area contributed by atoms with Crippen LogP contribution in [0.4, 0.5) is 5.69 Å². The minimum absolute atomic E-state index is 0.398. The van der Waals surface area contributed by atoms with Crippen LogP contribution in [0.5, 0.6) is 0 Å². The van der Waals surface area contributed by atoms with Gasteiger partial charge in [-0.15, -0.1) is 0 Å². The number of ether oxygens (including phenoxy) is 1. The van der Waals surface area contributed by atoms with Crippen LogP contribution < -0.4 is 4.90 Å². The Balaban J connectivity index is 3.06. The average molecular weight is 265 g/mol. The van der Waals surface area contributed by atoms with E-state index in [0.29, 0.717) is 12.6 Å². The van der Waals surface area contributed by atoms with Crippen LogP contribution in [0, 0.1) is 0 Å². The molecule has 108 valence electrons. The van der Waals surface area contributed by atoms with Gasteiger partial charge in [0.2, 0.25) is 0 Å². The average Bonchev–Trinajstić information content (AvgIpc) is 2.46. The van der Waals surface area contributed by atoms with Crippen molar-refractivity contribution in [1.29, 1.82) is 0 Å². The SMILES string of the molecule is CCC(C)N(CCOC)c1ccccc1[C@@H](O)CC. The van der Waals surface area contributed by atoms with E-state index in [1.165, 1.54) is 0 Å². The highest BCUT2D eigenvalue weighted by Crippen LogP contribution is 2.29. The van der Waals surface area contributed by atoms with Gasteiger partial charge in [-0.05, 0) is 25.8 Å². The molecule has 1 rings (SSSR count). The van der Waals surface area contributed by atoms with Crippen molar-refractivity contribution in [2.75, 3.05) is 25.2 Å². The summed E-state index contributed by atoms with van der Waals surface area (Å²) in [4.78, 5) is 2.33. The van der Waals surface area contributed by atoms with Crippen molar-refractivity contribution < 1.29 is 9.84 Å². The summed E-state index contributed by atoms with van der Waals surface area (Å²) in [6, 6.07) is 8.56. The quantitative estimate of drug-likeness (QED) is 0.782. The molecular weight excluding hydrogens is 238 g/mol. The van der Waals surface area contributed by atoms with Crippen molar-refractivity contribution in [3.8, 4) is 0 Å². The van der Waals surface area contributed by atoms with Crippen molar-refractivity contribution in [2.45, 2.75) is 45.8 Å². The molecule has 0 saturated heterocycles. The molecule has 1 aromatic carbocycles. The van der Waals surface area contributed by atoms with Crippen molar-refractivity contribution in [3.05, 3.63) is 29.8 Å². The van der Waals surface area contributed by atoms with Crippen molar-refractivity contribution >= 4 is 5.69 Å². The minimum atomic E-state index is -0.398. The largest absolute Gasteiger partial charge is 0.388 e. The lowest BCUT2D eigenvalue weighted by molar-refractivity contribution is 0.173. The van der Waals surface area contributed by atoms with Crippen LogP contribution >= 0.6 is 0 Å². The monoisotopic (exact) mass is 265 g/mol. The van der Waals surface area contributed by atoms with Gasteiger partial charge in [0.1, 0.15) is 0 Å². The molecule has 0 aliphatic rings. The van der Waals surface area contributed by atoms with Gasteiger partial charge in [0.25, 0.3) is 0 Å². The maximum Gasteiger partial charge on any atom is 0.0807 e. The number of aliphatic hydroxyl groups is 1. The van der Waals surface area contributed by atoms with Crippen LogP contribution in [0.2, 0.25) is 0 Å². The Hall–Kier alpha value is -1.06. The topological polar surface area (TPSA) is 32.7 Å². The Bertz CT molecular complexity index is 368. The molecule has 0 saturated carbocycles. The first-order chi connectivity index (χ1) is 9.15. The van der Waals surface area contributed by atoms with Gasteiger partial charge in [0.15, 0.2) is 0 Å². The predicted molar refractivity (Wildman–Crippen MR) is 80.7 cm³/mol. The molecule has 0 amide bonds. The highest BCUT2D eigenvalue weighted by Gasteiger charge is 2.18. The van der Waals surface area contributed by atoms with Crippen molar-refractivity contribution in [3.63, 3.8) is 0 Å². The van der Waals surface area contributed by atoms with E-state index < -0.39 is 6.10 Å². The molecule has 1 unspecified atom stereocenters. The molecule has 1 aromatic rings. The summed E-state index contributed by atoms with van der Waals surface area (Å²) in [6.07, 6.45) is 1.40. The second-order valence-corrected chi connectivity index (χ2v) is 4.93. The maximum atomic E-state index is 10.2. The molecular formula is C16H27NO2. The van der Waals surface area contributed by atoms with Gasteiger partial charge in [-0.25, -0.2) is 0 Å². The zero-order chi connectivity index (χ0) is 14.3. The van der Waals surface area contributed by atoms with Crippen molar-refractivity contribution in [1.82, 2.24) is 0 Å². The molecule has 1 N–H and O–H groups in total. The first-order valence-electron chi connectivity index (χ1n) is 7.18. The lowest BCUT2D eigenvalue weighted by Gasteiger charge is -2.33. The fourth-order valence-corrected chi connectivity index (χ4v) is 2.24. The van der Waals surface area contributed by atoms with E-state index in [9.17, 15) is 5.11 Å². The molecule has 3 nitrogen and oxygen atoms in total. The second kappa shape index (κ2) is 8.18. The number of benzene rings is 1. The Morgan fingerprint density at radius 3 is 2.47 bits per heavy atom. The van der Waals surface area contributed by atoms with Crippen LogP contribution in [-0.2, 0) is 4.74 Å². The number of rotatable bonds is 8. The summed E-state index contributed by atoms with van der Waals surface area (Å²) in [6.45, 7) is 7.94. The van der Waals surface area contributed by atoms with Gasteiger partial charge in [-0.2, -0.15) is 0 Å². The highest BCUT2D eigenvalue weighted by atomic mass is 16.5. The van der Waals surface area contributed by atoms with Crippen LogP contribution in [0.15, 0.2) is 24.3 Å². The zero-order valence-corrected chi connectivity index (χ0v) is 12.6. The summed E-state index contributed by atoms with van der Waals surface area (Å²) < 4.78 is 5.21. The number of nitrogens with zero attached hydrogens (tertiary/aromatic N) is 1. The van der Waals surface area contributed by atoms with Crippen LogP contribution in [0.25, 0.3) is 0 Å². The molecule has 3 heteroatoms. The minimum Gasteiger partial charge on any atom is -0.388 e. The number of hydrogen-bond acceptors (Lipinski definition) is 3. The summed E-state index contributed by atoms with van der Waals surface area (Å²) in [5.41, 5.74) is 2.14. The standard InChI is InChI=1S/C16H27NO2/c1-5-13(3)17(11-12-19-4)15-10-8-7-9-14(15)16(18)6-2/h7-10,13,16,18H,5-6,11-12H2,1-4H3/t13?,16-/m0/s1. The number of aliphatic hydroxyl groups excluding tert-OH is 1. The fraction of sp³-hybridized carbons (Fsp3) is 0.625. The van der Waals surface area contributed by atoms with E-state index >= 15 is 0 Å². The number of hydrogen-bond donors (Lipinski definition) is 1. The molecule has 0 aliphatic heterocycles. The van der Waals surface area contributed by atoms with Gasteiger partial charge in [-0.3, -0.25) is 0 Å². The first kappa shape index (κ1) is 16.0. The van der Waals surface area contributed by atoms with Gasteiger partial charge < -0.3 is 14.7 Å². The molecule has 0 spiro atoms. The van der Waals surface area contributed by atoms with Gasteiger partial charge in [0, 0.05) is 30.9 Å². The summed E-state index contributed by atoms with van der Waals surface area (Å²) in [7, 11) is 1.72. The van der Waals surface area contributed by atoms with Gasteiger partial charge in [-0.1, -0.05) is 32.0 Å². The van der Waals surface area contributed by atoms with Crippen LogP contribution in [0.3, 0.4) is 0 Å². The number of para-hydroxylation sites is 1. The smallest absolute Gasteiger partial charge is 0.0807 e. The van der Waals surface area contributed by atoms with E-state index in [4.69, 9.17) is 4.74 Å². The Labute approximate surface area is 117 Å². The van der Waals surface area contributed by atoms with Gasteiger partial charge >= 0.3 is 0 Å². The summed E-state index contributed by atoms with van der Waals surface area (Å²) in [5.74, 6) is 0. The number of methoxy groups -OCH3 is 1. The third-order valence-electron chi connectivity index (χ3n) is 3.65. The lowest BCUT2D eigenvalue weighted by Crippen LogP contribution is -2.36. The Kier molecular flexibility index (Phi) is 6.89. The molecule has 2 atom stereocenters. The molecule has 0 bridgehead atoms. The van der Waals surface area contributed by atoms with E-state index in [0.717, 1.165) is 30.6 Å². The fourth-order valence-electron chi connectivity index (χ4n) is 2.24.